The molecule has 9 heteroatoms. The van der Waals surface area contributed by atoms with Gasteiger partial charge in [-0.2, -0.15) is 9.97 Å². The van der Waals surface area contributed by atoms with Crippen LogP contribution in [0.4, 0.5) is 4.79 Å². The summed E-state index contributed by atoms with van der Waals surface area (Å²) in [5.74, 6) is 0.316. The van der Waals surface area contributed by atoms with E-state index in [1.54, 1.807) is 6.08 Å². The van der Waals surface area contributed by atoms with Crippen LogP contribution in [0, 0.1) is 20.8 Å². The molecule has 180 valence electrons. The summed E-state index contributed by atoms with van der Waals surface area (Å²) in [7, 11) is 0. The van der Waals surface area contributed by atoms with E-state index in [0.717, 1.165) is 51.0 Å². The van der Waals surface area contributed by atoms with Crippen LogP contribution in [0.5, 0.6) is 11.8 Å². The molecule has 0 spiro atoms. The summed E-state index contributed by atoms with van der Waals surface area (Å²) in [6.07, 6.45) is 1.68. The molecule has 35 heavy (non-hydrogen) atoms. The topological polar surface area (TPSA) is 111 Å². The molecule has 1 aliphatic heterocycles. The molecule has 2 aromatic carbocycles. The molecule has 1 aliphatic rings. The summed E-state index contributed by atoms with van der Waals surface area (Å²) < 4.78 is 11.4. The molecule has 1 fully saturated rings. The highest BCUT2D eigenvalue weighted by Crippen LogP contribution is 2.31. The number of imide groups is 1. The predicted octanol–water partition coefficient (Wildman–Crippen LogP) is 4.34. The van der Waals surface area contributed by atoms with Gasteiger partial charge in [-0.25, -0.2) is 0 Å². The van der Waals surface area contributed by atoms with E-state index in [9.17, 15) is 9.59 Å². The van der Waals surface area contributed by atoms with E-state index in [4.69, 9.17) is 14.6 Å². The second kappa shape index (κ2) is 10.7. The van der Waals surface area contributed by atoms with Crippen LogP contribution < -0.4 is 14.8 Å². The van der Waals surface area contributed by atoms with Gasteiger partial charge in [0.2, 0.25) is 0 Å². The van der Waals surface area contributed by atoms with E-state index >= 15 is 0 Å². The van der Waals surface area contributed by atoms with Crippen molar-refractivity contribution < 1.29 is 24.2 Å². The molecule has 3 aromatic rings. The van der Waals surface area contributed by atoms with E-state index in [2.05, 4.69) is 15.3 Å². The van der Waals surface area contributed by atoms with Crippen molar-refractivity contribution >= 4 is 29.0 Å². The van der Waals surface area contributed by atoms with Crippen LogP contribution >= 0.6 is 11.8 Å². The van der Waals surface area contributed by atoms with Crippen LogP contribution in [-0.4, -0.2) is 39.4 Å². The summed E-state index contributed by atoms with van der Waals surface area (Å²) >= 11 is 0.892. The van der Waals surface area contributed by atoms with Crippen LogP contribution in [0.1, 0.15) is 28.1 Å². The third-order valence-electron chi connectivity index (χ3n) is 5.50. The first-order valence-corrected chi connectivity index (χ1v) is 11.8. The first-order chi connectivity index (χ1) is 16.9. The number of thioether (sulfide) groups is 1. The Morgan fingerprint density at radius 1 is 1.00 bits per heavy atom. The lowest BCUT2D eigenvalue weighted by Gasteiger charge is -2.16. The number of aliphatic hydroxyl groups is 1. The molecule has 2 heterocycles. The van der Waals surface area contributed by atoms with Gasteiger partial charge in [0.25, 0.3) is 11.1 Å². The van der Waals surface area contributed by atoms with Crippen LogP contribution in [0.3, 0.4) is 0 Å². The van der Waals surface area contributed by atoms with Crippen molar-refractivity contribution in [3.8, 4) is 22.9 Å². The standard InChI is InChI=1S/C26H25N3O5S/c1-15-19(5-4-6-21(15)23-16(2)27-25(28-17(23)3)33-12-11-30)14-34-20-9-7-18(8-10-20)13-22-24(31)29-26(32)35-22/h4-10,13,30H,11-12,14H2,1-3H3,(H,29,31,32)/b22-13-. The zero-order valence-corrected chi connectivity index (χ0v) is 20.4. The predicted molar refractivity (Wildman–Crippen MR) is 134 cm³/mol. The lowest BCUT2D eigenvalue weighted by Crippen LogP contribution is -2.17. The molecule has 4 rings (SSSR count). The maximum atomic E-state index is 11.7. The fourth-order valence-electron chi connectivity index (χ4n) is 3.78. The molecule has 0 unspecified atom stereocenters. The Kier molecular flexibility index (Phi) is 7.48. The van der Waals surface area contributed by atoms with Gasteiger partial charge in [-0.1, -0.05) is 30.3 Å². The number of ether oxygens (including phenoxy) is 2. The normalized spacial score (nSPS) is 14.3. The number of nitrogens with one attached hydrogen (secondary N) is 1. The molecule has 8 nitrogen and oxygen atoms in total. The number of aryl methyl sites for hydroxylation is 2. The minimum atomic E-state index is -0.376. The monoisotopic (exact) mass is 491 g/mol. The van der Waals surface area contributed by atoms with Gasteiger partial charge in [0.15, 0.2) is 0 Å². The number of rotatable bonds is 8. The fourth-order valence-corrected chi connectivity index (χ4v) is 4.46. The Bertz CT molecular complexity index is 1280. The number of carbonyl (C=O) groups is 2. The van der Waals surface area contributed by atoms with Gasteiger partial charge in [0.1, 0.15) is 19.0 Å². The average Bonchev–Trinajstić information content (AvgIpc) is 3.14. The Morgan fingerprint density at radius 2 is 1.71 bits per heavy atom. The van der Waals surface area contributed by atoms with E-state index in [-0.39, 0.29) is 30.4 Å². The summed E-state index contributed by atoms with van der Waals surface area (Å²) in [4.78, 5) is 32.3. The van der Waals surface area contributed by atoms with Crippen molar-refractivity contribution in [2.75, 3.05) is 13.2 Å². The lowest BCUT2D eigenvalue weighted by atomic mass is 9.95. The van der Waals surface area contributed by atoms with Gasteiger partial charge in [0, 0.05) is 5.56 Å². The van der Waals surface area contributed by atoms with E-state index in [0.29, 0.717) is 17.3 Å². The second-order valence-corrected chi connectivity index (χ2v) is 8.94. The van der Waals surface area contributed by atoms with Gasteiger partial charge in [0.05, 0.1) is 22.9 Å². The average molecular weight is 492 g/mol. The van der Waals surface area contributed by atoms with Gasteiger partial charge in [-0.3, -0.25) is 14.9 Å². The number of nitrogens with zero attached hydrogens (tertiary/aromatic N) is 2. The van der Waals surface area contributed by atoms with Crippen LogP contribution in [0.25, 0.3) is 17.2 Å². The molecule has 0 radical (unpaired) electrons. The number of hydrogen-bond acceptors (Lipinski definition) is 8. The van der Waals surface area contributed by atoms with Gasteiger partial charge in [-0.15, -0.1) is 0 Å². The fraction of sp³-hybridized carbons (Fsp3) is 0.231. The molecule has 1 aromatic heterocycles. The number of hydrogen-bond donors (Lipinski definition) is 2. The third kappa shape index (κ3) is 5.70. The lowest BCUT2D eigenvalue weighted by molar-refractivity contribution is -0.115. The number of benzene rings is 2. The van der Waals surface area contributed by atoms with Gasteiger partial charge >= 0.3 is 6.01 Å². The summed E-state index contributed by atoms with van der Waals surface area (Å²) in [5.41, 5.74) is 6.48. The Morgan fingerprint density at radius 3 is 2.34 bits per heavy atom. The SMILES string of the molecule is Cc1nc(OCCO)nc(C)c1-c1cccc(COc2ccc(/C=C3\SC(=O)NC3=O)cc2)c1C. The van der Waals surface area contributed by atoms with E-state index in [1.807, 2.05) is 63.2 Å². The summed E-state index contributed by atoms with van der Waals surface area (Å²) in [5, 5.41) is 10.9. The maximum Gasteiger partial charge on any atom is 0.316 e. The molecule has 2 amide bonds. The van der Waals surface area contributed by atoms with Crippen molar-refractivity contribution in [1.82, 2.24) is 15.3 Å². The largest absolute Gasteiger partial charge is 0.489 e. The minimum Gasteiger partial charge on any atom is -0.489 e. The Balaban J connectivity index is 1.49. The number of aliphatic hydroxyl groups excluding tert-OH is 1. The maximum absolute atomic E-state index is 11.7. The Hall–Kier alpha value is -3.69. The zero-order valence-electron chi connectivity index (χ0n) is 19.6. The smallest absolute Gasteiger partial charge is 0.316 e. The van der Waals surface area contributed by atoms with E-state index < -0.39 is 0 Å². The number of aromatic nitrogens is 2. The van der Waals surface area contributed by atoms with Gasteiger partial charge in [-0.05, 0) is 73.0 Å². The number of carbonyl (C=O) groups excluding carboxylic acids is 2. The van der Waals surface area contributed by atoms with Crippen LogP contribution in [0.15, 0.2) is 47.4 Å². The zero-order chi connectivity index (χ0) is 24.9. The minimum absolute atomic E-state index is 0.0952. The van der Waals surface area contributed by atoms with Crippen molar-refractivity contribution in [3.05, 3.63) is 75.4 Å². The molecule has 1 saturated heterocycles. The van der Waals surface area contributed by atoms with Crippen molar-refractivity contribution in [1.29, 1.82) is 0 Å². The first-order valence-electron chi connectivity index (χ1n) is 11.0. The summed E-state index contributed by atoms with van der Waals surface area (Å²) in [6, 6.07) is 13.6. The molecular weight excluding hydrogens is 466 g/mol. The van der Waals surface area contributed by atoms with Crippen molar-refractivity contribution in [2.45, 2.75) is 27.4 Å². The molecule has 0 aliphatic carbocycles. The third-order valence-corrected chi connectivity index (χ3v) is 6.31. The molecular formula is C26H25N3O5S. The van der Waals surface area contributed by atoms with E-state index in [1.165, 1.54) is 0 Å². The Labute approximate surface area is 207 Å². The van der Waals surface area contributed by atoms with Crippen LogP contribution in [-0.2, 0) is 11.4 Å². The highest BCUT2D eigenvalue weighted by molar-refractivity contribution is 8.18. The quantitative estimate of drug-likeness (QED) is 0.448. The molecule has 0 atom stereocenters. The van der Waals surface area contributed by atoms with Crippen molar-refractivity contribution in [2.24, 2.45) is 0 Å². The number of amides is 2. The summed E-state index contributed by atoms with van der Waals surface area (Å²) in [6.45, 7) is 6.31. The second-order valence-electron chi connectivity index (χ2n) is 7.92. The highest BCUT2D eigenvalue weighted by atomic mass is 32.2. The van der Waals surface area contributed by atoms with Crippen molar-refractivity contribution in [3.63, 3.8) is 0 Å². The van der Waals surface area contributed by atoms with Crippen LogP contribution in [0.2, 0.25) is 0 Å². The molecule has 0 bridgehead atoms. The highest BCUT2D eigenvalue weighted by Gasteiger charge is 2.24. The van der Waals surface area contributed by atoms with Gasteiger partial charge < -0.3 is 14.6 Å². The molecule has 2 N–H and O–H groups in total. The first kappa shape index (κ1) is 24.4. The molecule has 0 saturated carbocycles.